The van der Waals surface area contributed by atoms with Crippen molar-refractivity contribution in [3.63, 3.8) is 0 Å². The van der Waals surface area contributed by atoms with Crippen molar-refractivity contribution in [3.05, 3.63) is 91.5 Å². The number of fused-ring (bicyclic) bond motifs is 4. The molecule has 166 valence electrons. The zero-order valence-corrected chi connectivity index (χ0v) is 17.0. The maximum absolute atomic E-state index is 13.6. The molecule has 1 saturated heterocycles. The van der Waals surface area contributed by atoms with Gasteiger partial charge in [-0.3, -0.25) is 34.7 Å². The van der Waals surface area contributed by atoms with Crippen molar-refractivity contribution in [1.82, 2.24) is 4.90 Å². The van der Waals surface area contributed by atoms with E-state index in [-0.39, 0.29) is 36.4 Å². The van der Waals surface area contributed by atoms with Crippen LogP contribution in [-0.4, -0.2) is 63.2 Å². The van der Waals surface area contributed by atoms with Gasteiger partial charge < -0.3 is 5.11 Å². The standard InChI is InChI=1S/C22H21N3O7/c26-11-10-23-13-21(24(29)30)17-9-5-4-8-16(17)20(28)22(14-23,25(31)32)19(21)12-18(27)15-6-2-1-3-7-15/h1-9,19,26H,10-14H2. The highest BCUT2D eigenvalue weighted by atomic mass is 16.6. The van der Waals surface area contributed by atoms with Crippen molar-refractivity contribution < 1.29 is 24.5 Å². The fraction of sp³-hybridized carbons (Fsp3) is 0.364. The van der Waals surface area contributed by atoms with Gasteiger partial charge in [-0.2, -0.15) is 0 Å². The molecule has 2 bridgehead atoms. The Morgan fingerprint density at radius 1 is 1.00 bits per heavy atom. The minimum Gasteiger partial charge on any atom is -0.395 e. The van der Waals surface area contributed by atoms with Crippen LogP contribution in [0.3, 0.4) is 0 Å². The third-order valence-corrected chi connectivity index (χ3v) is 6.67. The number of piperidine rings is 1. The summed E-state index contributed by atoms with van der Waals surface area (Å²) in [6.07, 6.45) is -0.529. The summed E-state index contributed by atoms with van der Waals surface area (Å²) in [5, 5.41) is 34.6. The van der Waals surface area contributed by atoms with Crippen molar-refractivity contribution in [2.24, 2.45) is 5.92 Å². The molecule has 3 atom stereocenters. The van der Waals surface area contributed by atoms with Gasteiger partial charge >= 0.3 is 5.54 Å². The van der Waals surface area contributed by atoms with Crippen LogP contribution in [0.2, 0.25) is 0 Å². The van der Waals surface area contributed by atoms with E-state index in [2.05, 4.69) is 0 Å². The summed E-state index contributed by atoms with van der Waals surface area (Å²) < 4.78 is 0. The summed E-state index contributed by atoms with van der Waals surface area (Å²) in [7, 11) is 0. The molecule has 0 aromatic heterocycles. The van der Waals surface area contributed by atoms with Crippen molar-refractivity contribution in [2.75, 3.05) is 26.2 Å². The molecule has 1 aliphatic carbocycles. The van der Waals surface area contributed by atoms with E-state index in [9.17, 15) is 34.9 Å². The first-order valence-corrected chi connectivity index (χ1v) is 10.1. The molecular formula is C22H21N3O7. The molecule has 10 nitrogen and oxygen atoms in total. The molecule has 2 aromatic rings. The summed E-state index contributed by atoms with van der Waals surface area (Å²) in [6, 6.07) is 13.9. The second kappa shape index (κ2) is 7.88. The molecule has 1 heterocycles. The quantitative estimate of drug-likeness (QED) is 0.389. The first-order chi connectivity index (χ1) is 15.3. The second-order valence-corrected chi connectivity index (χ2v) is 8.22. The van der Waals surface area contributed by atoms with E-state index in [0.717, 1.165) is 0 Å². The Kier molecular flexibility index (Phi) is 5.35. The number of aliphatic hydroxyl groups is 1. The molecule has 0 saturated carbocycles. The molecule has 10 heteroatoms. The highest BCUT2D eigenvalue weighted by Gasteiger charge is 2.77. The van der Waals surface area contributed by atoms with E-state index < -0.39 is 51.4 Å². The number of carbonyl (C=O) groups is 2. The minimum absolute atomic E-state index is 0.0621. The van der Waals surface area contributed by atoms with E-state index >= 15 is 0 Å². The number of aliphatic hydroxyl groups excluding tert-OH is 1. The largest absolute Gasteiger partial charge is 0.395 e. The predicted octanol–water partition coefficient (Wildman–Crippen LogP) is 1.57. The molecule has 0 radical (unpaired) electrons. The first-order valence-electron chi connectivity index (χ1n) is 10.1. The summed E-state index contributed by atoms with van der Waals surface area (Å²) in [5.41, 5.74) is -4.18. The lowest BCUT2D eigenvalue weighted by Gasteiger charge is -2.50. The van der Waals surface area contributed by atoms with Crippen LogP contribution < -0.4 is 0 Å². The lowest BCUT2D eigenvalue weighted by molar-refractivity contribution is -0.640. The molecule has 1 fully saturated rings. The van der Waals surface area contributed by atoms with Crippen LogP contribution in [0.4, 0.5) is 0 Å². The van der Waals surface area contributed by atoms with Crippen molar-refractivity contribution in [2.45, 2.75) is 17.5 Å². The van der Waals surface area contributed by atoms with Crippen LogP contribution in [0.1, 0.15) is 32.7 Å². The van der Waals surface area contributed by atoms with E-state index in [1.165, 1.54) is 41.3 Å². The number of nitrogens with zero attached hydrogens (tertiary/aromatic N) is 3. The van der Waals surface area contributed by atoms with Gasteiger partial charge in [0.2, 0.25) is 5.78 Å². The molecule has 0 spiro atoms. The number of likely N-dealkylation sites (tertiary alicyclic amines) is 1. The van der Waals surface area contributed by atoms with Crippen LogP contribution >= 0.6 is 0 Å². The van der Waals surface area contributed by atoms with Crippen molar-refractivity contribution in [1.29, 1.82) is 0 Å². The molecule has 0 amide bonds. The maximum Gasteiger partial charge on any atom is 0.306 e. The van der Waals surface area contributed by atoms with Gasteiger partial charge in [-0.05, 0) is 0 Å². The van der Waals surface area contributed by atoms with Gasteiger partial charge in [-0.15, -0.1) is 0 Å². The average Bonchev–Trinajstić information content (AvgIpc) is 2.78. The van der Waals surface area contributed by atoms with E-state index in [1.807, 2.05) is 0 Å². The molecule has 1 aliphatic heterocycles. The number of hydrogen-bond acceptors (Lipinski definition) is 8. The van der Waals surface area contributed by atoms with E-state index in [4.69, 9.17) is 0 Å². The molecule has 32 heavy (non-hydrogen) atoms. The third-order valence-electron chi connectivity index (χ3n) is 6.67. The van der Waals surface area contributed by atoms with Gasteiger partial charge in [0.15, 0.2) is 5.78 Å². The SMILES string of the molecule is O=C(CC1C2([N+](=O)[O-])CN(CCO)CC1([N+](=O)[O-])c1ccccc1C2=O)c1ccccc1. The predicted molar refractivity (Wildman–Crippen MR) is 112 cm³/mol. The van der Waals surface area contributed by atoms with Crippen molar-refractivity contribution >= 4 is 11.6 Å². The van der Waals surface area contributed by atoms with Crippen LogP contribution in [0.5, 0.6) is 0 Å². The normalized spacial score (nSPS) is 26.9. The Hall–Kier alpha value is -3.50. The van der Waals surface area contributed by atoms with Crippen molar-refractivity contribution in [3.8, 4) is 0 Å². The number of hydrogen-bond donors (Lipinski definition) is 1. The third kappa shape index (κ3) is 2.94. The number of nitro groups is 2. The lowest BCUT2D eigenvalue weighted by Crippen LogP contribution is -2.75. The van der Waals surface area contributed by atoms with E-state index in [1.54, 1.807) is 18.2 Å². The fourth-order valence-electron chi connectivity index (χ4n) is 5.26. The smallest absolute Gasteiger partial charge is 0.306 e. The molecule has 3 unspecified atom stereocenters. The molecular weight excluding hydrogens is 418 g/mol. The number of rotatable bonds is 7. The zero-order chi connectivity index (χ0) is 23.1. The van der Waals surface area contributed by atoms with Gasteiger partial charge in [0.05, 0.1) is 19.7 Å². The lowest BCUT2D eigenvalue weighted by atomic mass is 9.55. The van der Waals surface area contributed by atoms with E-state index in [0.29, 0.717) is 0 Å². The Morgan fingerprint density at radius 2 is 1.59 bits per heavy atom. The summed E-state index contributed by atoms with van der Waals surface area (Å²) in [6.45, 7) is -1.13. The van der Waals surface area contributed by atoms with Crippen LogP contribution in [-0.2, 0) is 5.54 Å². The molecule has 2 aromatic carbocycles. The molecule has 1 N–H and O–H groups in total. The Balaban J connectivity index is 1.97. The second-order valence-electron chi connectivity index (χ2n) is 8.22. The highest BCUT2D eigenvalue weighted by molar-refractivity contribution is 6.07. The Labute approximate surface area is 182 Å². The molecule has 2 aliphatic rings. The number of ketones is 2. The summed E-state index contributed by atoms with van der Waals surface area (Å²) >= 11 is 0. The number of Topliss-reactive ketones (excluding diaryl/α,β-unsaturated/α-hetero) is 2. The fourth-order valence-corrected chi connectivity index (χ4v) is 5.26. The summed E-state index contributed by atoms with van der Waals surface area (Å²) in [5.74, 6) is -2.84. The van der Waals surface area contributed by atoms with Gasteiger partial charge in [-0.1, -0.05) is 54.6 Å². The van der Waals surface area contributed by atoms with Crippen LogP contribution in [0, 0.1) is 26.1 Å². The number of β-amino-alcohol motifs (C(OH)–C–C–N with tert-alkyl or cyclic N) is 1. The van der Waals surface area contributed by atoms with Gasteiger partial charge in [0.1, 0.15) is 5.92 Å². The minimum atomic E-state index is -2.39. The topological polar surface area (TPSA) is 144 Å². The van der Waals surface area contributed by atoms with Gasteiger partial charge in [-0.25, -0.2) is 0 Å². The summed E-state index contributed by atoms with van der Waals surface area (Å²) in [4.78, 5) is 51.9. The Bertz CT molecular complexity index is 1110. The highest BCUT2D eigenvalue weighted by Crippen LogP contribution is 2.53. The molecule has 4 rings (SSSR count). The number of benzene rings is 2. The Morgan fingerprint density at radius 3 is 2.22 bits per heavy atom. The van der Waals surface area contributed by atoms with Gasteiger partial charge in [0, 0.05) is 39.5 Å². The van der Waals surface area contributed by atoms with Crippen LogP contribution in [0.15, 0.2) is 54.6 Å². The average molecular weight is 439 g/mol. The van der Waals surface area contributed by atoms with Crippen LogP contribution in [0.25, 0.3) is 0 Å². The first kappa shape index (κ1) is 21.7. The monoisotopic (exact) mass is 439 g/mol. The number of carbonyl (C=O) groups excluding carboxylic acids is 2. The zero-order valence-electron chi connectivity index (χ0n) is 17.0. The van der Waals surface area contributed by atoms with Gasteiger partial charge in [0.25, 0.3) is 5.54 Å². The maximum atomic E-state index is 13.6.